The molecule has 1 atom stereocenters. The summed E-state index contributed by atoms with van der Waals surface area (Å²) in [5, 5.41) is 13.2. The third-order valence-corrected chi connectivity index (χ3v) is 3.00. The first-order valence-corrected chi connectivity index (χ1v) is 6.94. The lowest BCUT2D eigenvalue weighted by Crippen LogP contribution is -2.43. The monoisotopic (exact) mass is 308 g/mol. The van der Waals surface area contributed by atoms with Crippen LogP contribution in [0.15, 0.2) is 24.3 Å². The van der Waals surface area contributed by atoms with Gasteiger partial charge in [-0.2, -0.15) is 0 Å². The van der Waals surface area contributed by atoms with E-state index < -0.39 is 16.9 Å². The molecule has 7 nitrogen and oxygen atoms in total. The summed E-state index contributed by atoms with van der Waals surface area (Å²) in [6.45, 7) is 3.81. The number of esters is 1. The molecule has 1 amide bonds. The average molecular weight is 308 g/mol. The third kappa shape index (κ3) is 5.51. The number of nitrogens with zero attached hydrogens (tertiary/aromatic N) is 1. The van der Waals surface area contributed by atoms with Crippen LogP contribution in [0.2, 0.25) is 0 Å². The maximum atomic E-state index is 11.8. The Hall–Kier alpha value is -2.44. The number of rotatable bonds is 7. The fraction of sp³-hybridized carbons (Fsp3) is 0.467. The van der Waals surface area contributed by atoms with Gasteiger partial charge in [0.05, 0.1) is 12.0 Å². The molecule has 0 spiro atoms. The summed E-state index contributed by atoms with van der Waals surface area (Å²) in [6, 6.07) is 5.03. The van der Waals surface area contributed by atoms with E-state index in [1.807, 2.05) is 13.8 Å². The minimum absolute atomic E-state index is 0.0257. The van der Waals surface area contributed by atoms with Crippen LogP contribution in [-0.4, -0.2) is 30.0 Å². The normalized spacial score (nSPS) is 11.8. The van der Waals surface area contributed by atoms with Crippen molar-refractivity contribution in [1.29, 1.82) is 0 Å². The van der Waals surface area contributed by atoms with Gasteiger partial charge in [-0.25, -0.2) is 4.79 Å². The van der Waals surface area contributed by atoms with Crippen molar-refractivity contribution in [3.05, 3.63) is 39.9 Å². The van der Waals surface area contributed by atoms with Crippen LogP contribution in [0.5, 0.6) is 0 Å². The number of nitro benzene ring substituents is 1. The third-order valence-electron chi connectivity index (χ3n) is 3.00. The molecule has 1 N–H and O–H groups in total. The molecule has 0 fully saturated rings. The predicted molar refractivity (Wildman–Crippen MR) is 80.2 cm³/mol. The minimum Gasteiger partial charge on any atom is -0.467 e. The lowest BCUT2D eigenvalue weighted by Gasteiger charge is -2.17. The van der Waals surface area contributed by atoms with Gasteiger partial charge in [0.2, 0.25) is 5.91 Å². The first kappa shape index (κ1) is 17.6. The van der Waals surface area contributed by atoms with Crippen LogP contribution in [0.3, 0.4) is 0 Å². The van der Waals surface area contributed by atoms with Gasteiger partial charge in [0.1, 0.15) is 6.04 Å². The molecule has 1 rings (SSSR count). The standard InChI is InChI=1S/C15H20N2O5/c1-10(2)8-14(18)16-13(15(19)22-3)9-11-4-6-12(7-5-11)17(20)21/h4-7,10,13H,8-9H2,1-3H3,(H,16,18)/t13-/m1/s1. The number of methoxy groups -OCH3 is 1. The van der Waals surface area contributed by atoms with E-state index in [0.717, 1.165) is 0 Å². The number of hydrogen-bond donors (Lipinski definition) is 1. The number of benzene rings is 1. The highest BCUT2D eigenvalue weighted by atomic mass is 16.6. The van der Waals surface area contributed by atoms with Gasteiger partial charge in [0, 0.05) is 25.0 Å². The van der Waals surface area contributed by atoms with Crippen LogP contribution in [0.4, 0.5) is 5.69 Å². The van der Waals surface area contributed by atoms with Crippen LogP contribution in [0.25, 0.3) is 0 Å². The van der Waals surface area contributed by atoms with E-state index in [2.05, 4.69) is 5.32 Å². The maximum absolute atomic E-state index is 11.8. The fourth-order valence-corrected chi connectivity index (χ4v) is 1.95. The Morgan fingerprint density at radius 2 is 1.86 bits per heavy atom. The summed E-state index contributed by atoms with van der Waals surface area (Å²) in [5.74, 6) is -0.597. The molecule has 22 heavy (non-hydrogen) atoms. The van der Waals surface area contributed by atoms with Gasteiger partial charge in [-0.1, -0.05) is 26.0 Å². The van der Waals surface area contributed by atoms with E-state index >= 15 is 0 Å². The summed E-state index contributed by atoms with van der Waals surface area (Å²) in [4.78, 5) is 33.7. The van der Waals surface area contributed by atoms with Crippen molar-refractivity contribution in [2.24, 2.45) is 5.92 Å². The number of ether oxygens (including phenoxy) is 1. The second-order valence-corrected chi connectivity index (χ2v) is 5.37. The van der Waals surface area contributed by atoms with Crippen LogP contribution >= 0.6 is 0 Å². The highest BCUT2D eigenvalue weighted by molar-refractivity contribution is 5.84. The maximum Gasteiger partial charge on any atom is 0.328 e. The summed E-state index contributed by atoms with van der Waals surface area (Å²) >= 11 is 0. The van der Waals surface area contributed by atoms with Gasteiger partial charge < -0.3 is 10.1 Å². The summed E-state index contributed by atoms with van der Waals surface area (Å²) in [5.41, 5.74) is 0.674. The van der Waals surface area contributed by atoms with E-state index in [9.17, 15) is 19.7 Å². The summed E-state index contributed by atoms with van der Waals surface area (Å²) in [6.07, 6.45) is 0.530. The van der Waals surface area contributed by atoms with E-state index in [-0.39, 0.29) is 23.9 Å². The second-order valence-electron chi connectivity index (χ2n) is 5.37. The molecule has 0 aromatic heterocycles. The molecule has 0 unspecified atom stereocenters. The van der Waals surface area contributed by atoms with Crippen molar-refractivity contribution >= 4 is 17.6 Å². The lowest BCUT2D eigenvalue weighted by atomic mass is 10.0. The lowest BCUT2D eigenvalue weighted by molar-refractivity contribution is -0.384. The first-order valence-electron chi connectivity index (χ1n) is 6.94. The topological polar surface area (TPSA) is 98.5 Å². The van der Waals surface area contributed by atoms with Crippen molar-refractivity contribution in [2.45, 2.75) is 32.7 Å². The molecule has 0 saturated carbocycles. The Morgan fingerprint density at radius 1 is 1.27 bits per heavy atom. The molecule has 0 aliphatic heterocycles. The largest absolute Gasteiger partial charge is 0.467 e. The van der Waals surface area contributed by atoms with Crippen molar-refractivity contribution in [3.8, 4) is 0 Å². The second kappa shape index (κ2) is 8.11. The van der Waals surface area contributed by atoms with Gasteiger partial charge in [-0.3, -0.25) is 14.9 Å². The number of nitro groups is 1. The number of hydrogen-bond acceptors (Lipinski definition) is 5. The summed E-state index contributed by atoms with van der Waals surface area (Å²) in [7, 11) is 1.25. The molecule has 1 aromatic carbocycles. The quantitative estimate of drug-likeness (QED) is 0.471. The molecule has 1 aromatic rings. The molecular weight excluding hydrogens is 288 g/mol. The Bertz CT molecular complexity index is 539. The van der Waals surface area contributed by atoms with Crippen molar-refractivity contribution in [3.63, 3.8) is 0 Å². The Labute approximate surface area is 128 Å². The minimum atomic E-state index is -0.808. The zero-order valence-corrected chi connectivity index (χ0v) is 12.9. The van der Waals surface area contributed by atoms with Crippen LogP contribution in [0.1, 0.15) is 25.8 Å². The van der Waals surface area contributed by atoms with E-state index in [1.165, 1.54) is 19.2 Å². The number of carbonyl (C=O) groups is 2. The van der Waals surface area contributed by atoms with Crippen LogP contribution in [-0.2, 0) is 20.7 Å². The van der Waals surface area contributed by atoms with Gasteiger partial charge in [0.15, 0.2) is 0 Å². The molecule has 120 valence electrons. The number of carbonyl (C=O) groups excluding carboxylic acids is 2. The number of nitrogens with one attached hydrogen (secondary N) is 1. The summed E-state index contributed by atoms with van der Waals surface area (Å²) < 4.78 is 4.69. The zero-order chi connectivity index (χ0) is 16.7. The van der Waals surface area contributed by atoms with Crippen molar-refractivity contribution in [1.82, 2.24) is 5.32 Å². The Kier molecular flexibility index (Phi) is 6.49. The molecule has 0 bridgehead atoms. The van der Waals surface area contributed by atoms with E-state index in [1.54, 1.807) is 12.1 Å². The SMILES string of the molecule is COC(=O)[C@@H](Cc1ccc([N+](=O)[O-])cc1)NC(=O)CC(C)C. The Balaban J connectivity index is 2.78. The molecule has 0 heterocycles. The predicted octanol–water partition coefficient (Wildman–Crippen LogP) is 1.84. The van der Waals surface area contributed by atoms with Crippen molar-refractivity contribution < 1.29 is 19.2 Å². The van der Waals surface area contributed by atoms with Gasteiger partial charge in [-0.15, -0.1) is 0 Å². The van der Waals surface area contributed by atoms with Crippen LogP contribution < -0.4 is 5.32 Å². The molecule has 0 aliphatic carbocycles. The molecule has 7 heteroatoms. The average Bonchev–Trinajstić information content (AvgIpc) is 2.45. The number of amides is 1. The highest BCUT2D eigenvalue weighted by Crippen LogP contribution is 2.14. The molecule has 0 aliphatic rings. The first-order chi connectivity index (χ1) is 10.3. The zero-order valence-electron chi connectivity index (χ0n) is 12.9. The van der Waals surface area contributed by atoms with Crippen LogP contribution in [0, 0.1) is 16.0 Å². The van der Waals surface area contributed by atoms with Gasteiger partial charge in [-0.05, 0) is 11.5 Å². The van der Waals surface area contributed by atoms with E-state index in [0.29, 0.717) is 12.0 Å². The molecule has 0 saturated heterocycles. The smallest absolute Gasteiger partial charge is 0.328 e. The van der Waals surface area contributed by atoms with E-state index in [4.69, 9.17) is 4.74 Å². The van der Waals surface area contributed by atoms with Gasteiger partial charge >= 0.3 is 5.97 Å². The molecule has 0 radical (unpaired) electrons. The Morgan fingerprint density at radius 3 is 2.32 bits per heavy atom. The molecular formula is C15H20N2O5. The highest BCUT2D eigenvalue weighted by Gasteiger charge is 2.22. The number of non-ortho nitro benzene ring substituents is 1. The fourth-order valence-electron chi connectivity index (χ4n) is 1.95. The van der Waals surface area contributed by atoms with Gasteiger partial charge in [0.25, 0.3) is 5.69 Å². The van der Waals surface area contributed by atoms with Crippen molar-refractivity contribution in [2.75, 3.05) is 7.11 Å².